The summed E-state index contributed by atoms with van der Waals surface area (Å²) >= 11 is 0. The summed E-state index contributed by atoms with van der Waals surface area (Å²) in [6.45, 7) is 4.90. The fourth-order valence-corrected chi connectivity index (χ4v) is 2.44. The highest BCUT2D eigenvalue weighted by Crippen LogP contribution is 2.32. The fraction of sp³-hybridized carbons (Fsp3) is 0.667. The molecule has 1 aromatic rings. The first-order chi connectivity index (χ1) is 8.54. The Balaban J connectivity index is 2.43. The number of carboxylic acids is 1. The van der Waals surface area contributed by atoms with Crippen molar-refractivity contribution in [2.45, 2.75) is 39.0 Å². The number of nitrogens with zero attached hydrogens (tertiary/aromatic N) is 2. The zero-order valence-electron chi connectivity index (χ0n) is 10.8. The second-order valence-electron chi connectivity index (χ2n) is 4.53. The molecule has 18 heavy (non-hydrogen) atoms. The first-order valence-corrected chi connectivity index (χ1v) is 6.01. The third-order valence-electron chi connectivity index (χ3n) is 3.12. The number of ether oxygens (including phenoxy) is 2. The first-order valence-electron chi connectivity index (χ1n) is 6.01. The molecule has 1 aliphatic rings. The molecule has 0 fully saturated rings. The van der Waals surface area contributed by atoms with Gasteiger partial charge in [-0.3, -0.25) is 4.68 Å². The molecule has 0 saturated heterocycles. The average Bonchev–Trinajstić information content (AvgIpc) is 2.65. The molecule has 2 atom stereocenters. The van der Waals surface area contributed by atoms with Crippen LogP contribution in [0, 0.1) is 0 Å². The molecule has 6 heteroatoms. The number of hydrogen-bond acceptors (Lipinski definition) is 4. The van der Waals surface area contributed by atoms with E-state index in [9.17, 15) is 9.90 Å². The minimum Gasteiger partial charge on any atom is -0.476 e. The number of fused-ring (bicyclic) bond motifs is 1. The fourth-order valence-electron chi connectivity index (χ4n) is 2.44. The molecule has 0 unspecified atom stereocenters. The molecule has 0 aliphatic carbocycles. The van der Waals surface area contributed by atoms with Gasteiger partial charge in [0, 0.05) is 19.1 Å². The summed E-state index contributed by atoms with van der Waals surface area (Å²) in [4.78, 5) is 11.2. The monoisotopic (exact) mass is 254 g/mol. The maximum absolute atomic E-state index is 11.2. The molecule has 0 bridgehead atoms. The van der Waals surface area contributed by atoms with Crippen molar-refractivity contribution in [2.75, 3.05) is 13.7 Å². The van der Waals surface area contributed by atoms with Gasteiger partial charge in [-0.2, -0.15) is 5.10 Å². The second-order valence-corrected chi connectivity index (χ2v) is 4.53. The number of carbonyl (C=O) groups is 1. The Hall–Kier alpha value is -1.40. The van der Waals surface area contributed by atoms with E-state index in [2.05, 4.69) is 5.10 Å². The first kappa shape index (κ1) is 13.0. The largest absolute Gasteiger partial charge is 0.476 e. The Morgan fingerprint density at radius 2 is 2.33 bits per heavy atom. The zero-order valence-corrected chi connectivity index (χ0v) is 10.8. The van der Waals surface area contributed by atoms with E-state index < -0.39 is 5.97 Å². The number of aromatic carboxylic acids is 1. The zero-order chi connectivity index (χ0) is 13.3. The van der Waals surface area contributed by atoms with E-state index in [-0.39, 0.29) is 17.9 Å². The summed E-state index contributed by atoms with van der Waals surface area (Å²) in [5.74, 6) is -0.983. The van der Waals surface area contributed by atoms with Crippen LogP contribution in [0.4, 0.5) is 0 Å². The van der Waals surface area contributed by atoms with Gasteiger partial charge in [-0.15, -0.1) is 0 Å². The van der Waals surface area contributed by atoms with Crippen LogP contribution in [0.5, 0.6) is 0 Å². The number of methoxy groups -OCH3 is 1. The summed E-state index contributed by atoms with van der Waals surface area (Å²) < 4.78 is 12.4. The van der Waals surface area contributed by atoms with Crippen molar-refractivity contribution in [1.29, 1.82) is 0 Å². The predicted octanol–water partition coefficient (Wildman–Crippen LogP) is 1.25. The lowest BCUT2D eigenvalue weighted by atomic mass is 9.99. The summed E-state index contributed by atoms with van der Waals surface area (Å²) in [5.41, 5.74) is 1.80. The molecule has 6 nitrogen and oxygen atoms in total. The van der Waals surface area contributed by atoms with Crippen LogP contribution in [0.25, 0.3) is 0 Å². The number of aromatic nitrogens is 2. The molecule has 1 N–H and O–H groups in total. The Labute approximate surface area is 106 Å². The lowest BCUT2D eigenvalue weighted by Crippen LogP contribution is -2.25. The highest BCUT2D eigenvalue weighted by Gasteiger charge is 2.31. The minimum atomic E-state index is -0.983. The molecule has 2 rings (SSSR count). The van der Waals surface area contributed by atoms with Crippen molar-refractivity contribution in [3.05, 3.63) is 17.0 Å². The van der Waals surface area contributed by atoms with E-state index in [0.717, 1.165) is 11.3 Å². The summed E-state index contributed by atoms with van der Waals surface area (Å²) in [6, 6.07) is 0. The van der Waals surface area contributed by atoms with Crippen molar-refractivity contribution >= 4 is 5.97 Å². The van der Waals surface area contributed by atoms with E-state index in [1.165, 1.54) is 0 Å². The van der Waals surface area contributed by atoms with Crippen LogP contribution in [-0.2, 0) is 22.4 Å². The molecular weight excluding hydrogens is 236 g/mol. The minimum absolute atomic E-state index is 0.0191. The normalized spacial score (nSPS) is 22.8. The van der Waals surface area contributed by atoms with E-state index in [1.807, 2.05) is 13.8 Å². The van der Waals surface area contributed by atoms with Crippen molar-refractivity contribution < 1.29 is 19.4 Å². The predicted molar refractivity (Wildman–Crippen MR) is 63.7 cm³/mol. The highest BCUT2D eigenvalue weighted by molar-refractivity contribution is 5.87. The number of rotatable bonds is 4. The van der Waals surface area contributed by atoms with Gasteiger partial charge in [0.15, 0.2) is 5.69 Å². The van der Waals surface area contributed by atoms with Crippen LogP contribution in [0.3, 0.4) is 0 Å². The van der Waals surface area contributed by atoms with Gasteiger partial charge in [-0.05, 0) is 13.8 Å². The van der Waals surface area contributed by atoms with Crippen LogP contribution in [-0.4, -0.2) is 40.7 Å². The number of carboxylic acid groups (broad SMARTS) is 1. The van der Waals surface area contributed by atoms with Crippen molar-refractivity contribution in [2.24, 2.45) is 0 Å². The van der Waals surface area contributed by atoms with Gasteiger partial charge in [0.2, 0.25) is 0 Å². The Morgan fingerprint density at radius 1 is 1.61 bits per heavy atom. The molecule has 0 saturated carbocycles. The van der Waals surface area contributed by atoms with E-state index in [0.29, 0.717) is 19.6 Å². The third kappa shape index (κ3) is 2.26. The Morgan fingerprint density at radius 3 is 2.94 bits per heavy atom. The van der Waals surface area contributed by atoms with Gasteiger partial charge in [0.05, 0.1) is 31.1 Å². The average molecular weight is 254 g/mol. The SMILES string of the molecule is COCCn1nc(C(=O)O)c2c1[C@H](C)O[C@H](C)C2. The standard InChI is InChI=1S/C12H18N2O4/c1-7-6-9-10(12(15)16)13-14(4-5-17-3)11(9)8(2)18-7/h7-8H,4-6H2,1-3H3,(H,15,16)/t7-,8+/m1/s1. The van der Waals surface area contributed by atoms with Crippen LogP contribution in [0.15, 0.2) is 0 Å². The van der Waals surface area contributed by atoms with E-state index in [1.54, 1.807) is 11.8 Å². The maximum atomic E-state index is 11.2. The van der Waals surface area contributed by atoms with Gasteiger partial charge >= 0.3 is 5.97 Å². The summed E-state index contributed by atoms with van der Waals surface area (Å²) in [6.07, 6.45) is 0.473. The van der Waals surface area contributed by atoms with Gasteiger partial charge in [-0.1, -0.05) is 0 Å². The molecule has 0 aromatic carbocycles. The van der Waals surface area contributed by atoms with Gasteiger partial charge in [0.25, 0.3) is 0 Å². The molecule has 0 amide bonds. The van der Waals surface area contributed by atoms with Crippen molar-refractivity contribution in [1.82, 2.24) is 9.78 Å². The molecule has 1 aromatic heterocycles. The molecule has 2 heterocycles. The van der Waals surface area contributed by atoms with Crippen LogP contribution < -0.4 is 0 Å². The van der Waals surface area contributed by atoms with Gasteiger partial charge < -0.3 is 14.6 Å². The summed E-state index contributed by atoms with van der Waals surface area (Å²) in [5, 5.41) is 13.4. The van der Waals surface area contributed by atoms with E-state index in [4.69, 9.17) is 9.47 Å². The summed E-state index contributed by atoms with van der Waals surface area (Å²) in [7, 11) is 1.61. The Bertz CT molecular complexity index is 455. The van der Waals surface area contributed by atoms with E-state index >= 15 is 0 Å². The molecule has 0 spiro atoms. The van der Waals surface area contributed by atoms with Gasteiger partial charge in [0.1, 0.15) is 0 Å². The topological polar surface area (TPSA) is 73.6 Å². The maximum Gasteiger partial charge on any atom is 0.356 e. The van der Waals surface area contributed by atoms with Crippen LogP contribution >= 0.6 is 0 Å². The lowest BCUT2D eigenvalue weighted by molar-refractivity contribution is -0.0102. The lowest BCUT2D eigenvalue weighted by Gasteiger charge is -2.26. The quantitative estimate of drug-likeness (QED) is 0.875. The highest BCUT2D eigenvalue weighted by atomic mass is 16.5. The van der Waals surface area contributed by atoms with Gasteiger partial charge in [-0.25, -0.2) is 4.79 Å². The molecule has 100 valence electrons. The number of hydrogen-bond donors (Lipinski definition) is 1. The molecule has 1 aliphatic heterocycles. The van der Waals surface area contributed by atoms with Crippen LogP contribution in [0.2, 0.25) is 0 Å². The molecular formula is C12H18N2O4. The Kier molecular flexibility index (Phi) is 3.68. The molecule has 0 radical (unpaired) electrons. The third-order valence-corrected chi connectivity index (χ3v) is 3.12. The smallest absolute Gasteiger partial charge is 0.356 e. The van der Waals surface area contributed by atoms with Crippen molar-refractivity contribution in [3.8, 4) is 0 Å². The van der Waals surface area contributed by atoms with Crippen LogP contribution in [0.1, 0.15) is 41.7 Å². The second kappa shape index (κ2) is 5.07. The van der Waals surface area contributed by atoms with Crippen molar-refractivity contribution in [3.63, 3.8) is 0 Å².